The molecule has 0 fully saturated rings. The lowest BCUT2D eigenvalue weighted by Gasteiger charge is -2.26. The van der Waals surface area contributed by atoms with Crippen LogP contribution in [-0.4, -0.2) is 68.6 Å². The van der Waals surface area contributed by atoms with Crippen molar-refractivity contribution < 1.29 is 24.2 Å². The Kier molecular flexibility index (Phi) is 8.90. The lowest BCUT2D eigenvalue weighted by atomic mass is 10.1. The van der Waals surface area contributed by atoms with Gasteiger partial charge in [0.25, 0.3) is 0 Å². The summed E-state index contributed by atoms with van der Waals surface area (Å²) in [6.07, 6.45) is 0. The number of ether oxygens (including phenoxy) is 2. The number of aliphatic carboxylic acids is 1. The number of nitrogens with one attached hydrogen (secondary N) is 1. The second kappa shape index (κ2) is 9.57. The smallest absolute Gasteiger partial charge is 0.326 e. The highest BCUT2D eigenvalue weighted by atomic mass is 16.5. The molecule has 0 aliphatic heterocycles. The Morgan fingerprint density at radius 3 is 1.95 bits per heavy atom. The predicted octanol–water partition coefficient (Wildman–Crippen LogP) is 0.400. The van der Waals surface area contributed by atoms with Crippen LogP contribution in [0.4, 0.5) is 4.79 Å². The van der Waals surface area contributed by atoms with Crippen LogP contribution in [-0.2, 0) is 14.3 Å². The standard InChI is InChI=1S/C12H24N2O5/c1-9(2)10(11(15)16)13-12(17)14(5-7-18-3)6-8-19-4/h9-10H,5-8H2,1-4H3,(H,13,17)(H,15,16). The minimum Gasteiger partial charge on any atom is -0.480 e. The third kappa shape index (κ3) is 6.97. The molecule has 112 valence electrons. The number of carboxylic acid groups (broad SMARTS) is 1. The molecule has 0 rings (SSSR count). The molecule has 2 amide bonds. The Bertz CT molecular complexity index is 275. The average Bonchev–Trinajstić information content (AvgIpc) is 2.35. The minimum atomic E-state index is -1.04. The maximum absolute atomic E-state index is 12.0. The molecule has 0 bridgehead atoms. The predicted molar refractivity (Wildman–Crippen MR) is 70.1 cm³/mol. The highest BCUT2D eigenvalue weighted by Crippen LogP contribution is 2.03. The van der Waals surface area contributed by atoms with E-state index in [2.05, 4.69) is 5.32 Å². The zero-order valence-electron chi connectivity index (χ0n) is 12.0. The van der Waals surface area contributed by atoms with Crippen LogP contribution >= 0.6 is 0 Å². The van der Waals surface area contributed by atoms with Crippen LogP contribution in [0.25, 0.3) is 0 Å². The topological polar surface area (TPSA) is 88.1 Å². The van der Waals surface area contributed by atoms with E-state index in [1.54, 1.807) is 28.1 Å². The highest BCUT2D eigenvalue weighted by Gasteiger charge is 2.25. The van der Waals surface area contributed by atoms with Gasteiger partial charge in [0.2, 0.25) is 0 Å². The number of carbonyl (C=O) groups is 2. The summed E-state index contributed by atoms with van der Waals surface area (Å²) in [7, 11) is 3.08. The Morgan fingerprint density at radius 2 is 1.63 bits per heavy atom. The van der Waals surface area contributed by atoms with E-state index in [9.17, 15) is 9.59 Å². The number of rotatable bonds is 9. The van der Waals surface area contributed by atoms with Gasteiger partial charge in [0.15, 0.2) is 0 Å². The number of urea groups is 1. The Morgan fingerprint density at radius 1 is 1.16 bits per heavy atom. The second-order valence-corrected chi connectivity index (χ2v) is 4.48. The van der Waals surface area contributed by atoms with Crippen molar-refractivity contribution in [1.82, 2.24) is 10.2 Å². The molecule has 19 heavy (non-hydrogen) atoms. The molecule has 7 heteroatoms. The van der Waals surface area contributed by atoms with Crippen LogP contribution in [0, 0.1) is 5.92 Å². The fraction of sp³-hybridized carbons (Fsp3) is 0.833. The molecule has 0 saturated carbocycles. The number of methoxy groups -OCH3 is 2. The van der Waals surface area contributed by atoms with Gasteiger partial charge in [-0.3, -0.25) is 0 Å². The van der Waals surface area contributed by atoms with E-state index in [-0.39, 0.29) is 5.92 Å². The van der Waals surface area contributed by atoms with Crippen molar-refractivity contribution in [3.8, 4) is 0 Å². The molecule has 0 aliphatic carbocycles. The molecule has 0 saturated heterocycles. The van der Waals surface area contributed by atoms with E-state index in [0.29, 0.717) is 26.3 Å². The van der Waals surface area contributed by atoms with Crippen LogP contribution in [0.15, 0.2) is 0 Å². The first kappa shape index (κ1) is 17.7. The van der Waals surface area contributed by atoms with Crippen LogP contribution in [0.2, 0.25) is 0 Å². The second-order valence-electron chi connectivity index (χ2n) is 4.48. The first-order valence-electron chi connectivity index (χ1n) is 6.20. The molecular formula is C12H24N2O5. The minimum absolute atomic E-state index is 0.187. The SMILES string of the molecule is COCCN(CCOC)C(=O)NC(C(=O)O)C(C)C. The van der Waals surface area contributed by atoms with E-state index in [4.69, 9.17) is 14.6 Å². The summed E-state index contributed by atoms with van der Waals surface area (Å²) in [6.45, 7) is 5.03. The summed E-state index contributed by atoms with van der Waals surface area (Å²) in [4.78, 5) is 24.5. The zero-order chi connectivity index (χ0) is 14.8. The van der Waals surface area contributed by atoms with E-state index in [1.165, 1.54) is 4.90 Å². The summed E-state index contributed by atoms with van der Waals surface area (Å²) in [5, 5.41) is 11.6. The summed E-state index contributed by atoms with van der Waals surface area (Å²) in [6, 6.07) is -1.32. The summed E-state index contributed by atoms with van der Waals surface area (Å²) in [5.41, 5.74) is 0. The maximum Gasteiger partial charge on any atom is 0.326 e. The van der Waals surface area contributed by atoms with E-state index in [0.717, 1.165) is 0 Å². The van der Waals surface area contributed by atoms with Crippen LogP contribution in [0.3, 0.4) is 0 Å². The van der Waals surface area contributed by atoms with Gasteiger partial charge in [-0.2, -0.15) is 0 Å². The number of nitrogens with zero attached hydrogens (tertiary/aromatic N) is 1. The normalized spacial score (nSPS) is 12.3. The van der Waals surface area contributed by atoms with Gasteiger partial charge in [-0.25, -0.2) is 9.59 Å². The quantitative estimate of drug-likeness (QED) is 0.636. The molecule has 2 N–H and O–H groups in total. The average molecular weight is 276 g/mol. The van der Waals surface area contributed by atoms with Gasteiger partial charge in [-0.05, 0) is 5.92 Å². The van der Waals surface area contributed by atoms with Gasteiger partial charge < -0.3 is 24.8 Å². The Balaban J connectivity index is 4.54. The maximum atomic E-state index is 12.0. The molecule has 0 radical (unpaired) electrons. The molecular weight excluding hydrogens is 252 g/mol. The molecule has 1 unspecified atom stereocenters. The third-order valence-electron chi connectivity index (χ3n) is 2.63. The van der Waals surface area contributed by atoms with Crippen molar-refractivity contribution >= 4 is 12.0 Å². The van der Waals surface area contributed by atoms with Crippen molar-refractivity contribution in [2.24, 2.45) is 5.92 Å². The molecule has 0 aliphatic rings. The third-order valence-corrected chi connectivity index (χ3v) is 2.63. The summed E-state index contributed by atoms with van der Waals surface area (Å²) >= 11 is 0. The number of carboxylic acids is 1. The van der Waals surface area contributed by atoms with E-state index in [1.807, 2.05) is 0 Å². The number of amides is 2. The molecule has 1 atom stereocenters. The number of hydrogen-bond donors (Lipinski definition) is 2. The van der Waals surface area contributed by atoms with Crippen LogP contribution in [0.5, 0.6) is 0 Å². The van der Waals surface area contributed by atoms with E-state index < -0.39 is 18.0 Å². The lowest BCUT2D eigenvalue weighted by Crippen LogP contribution is -2.51. The van der Waals surface area contributed by atoms with E-state index >= 15 is 0 Å². The first-order chi connectivity index (χ1) is 8.93. The zero-order valence-corrected chi connectivity index (χ0v) is 12.0. The largest absolute Gasteiger partial charge is 0.480 e. The fourth-order valence-corrected chi connectivity index (χ4v) is 1.46. The molecule has 7 nitrogen and oxygen atoms in total. The molecule has 0 spiro atoms. The summed E-state index contributed by atoms with van der Waals surface area (Å²) in [5.74, 6) is -1.23. The van der Waals surface area contributed by atoms with Crippen molar-refractivity contribution in [1.29, 1.82) is 0 Å². The monoisotopic (exact) mass is 276 g/mol. The molecule has 0 aromatic rings. The van der Waals surface area contributed by atoms with Gasteiger partial charge >= 0.3 is 12.0 Å². The van der Waals surface area contributed by atoms with Gasteiger partial charge in [-0.1, -0.05) is 13.8 Å². The van der Waals surface area contributed by atoms with Gasteiger partial charge in [0.1, 0.15) is 6.04 Å². The van der Waals surface area contributed by atoms with Crippen molar-refractivity contribution in [3.63, 3.8) is 0 Å². The van der Waals surface area contributed by atoms with Gasteiger partial charge in [-0.15, -0.1) is 0 Å². The van der Waals surface area contributed by atoms with Crippen molar-refractivity contribution in [2.45, 2.75) is 19.9 Å². The molecule has 0 aromatic heterocycles. The Labute approximate surface area is 113 Å². The molecule has 0 heterocycles. The molecule has 0 aromatic carbocycles. The van der Waals surface area contributed by atoms with Gasteiger partial charge in [0, 0.05) is 27.3 Å². The van der Waals surface area contributed by atoms with Crippen LogP contribution in [0.1, 0.15) is 13.8 Å². The lowest BCUT2D eigenvalue weighted by molar-refractivity contribution is -0.140. The van der Waals surface area contributed by atoms with Gasteiger partial charge in [0.05, 0.1) is 13.2 Å². The number of hydrogen-bond acceptors (Lipinski definition) is 4. The number of carbonyl (C=O) groups excluding carboxylic acids is 1. The highest BCUT2D eigenvalue weighted by molar-refractivity contribution is 5.82. The fourth-order valence-electron chi connectivity index (χ4n) is 1.46. The Hall–Kier alpha value is -1.34. The van der Waals surface area contributed by atoms with Crippen molar-refractivity contribution in [2.75, 3.05) is 40.5 Å². The first-order valence-corrected chi connectivity index (χ1v) is 6.20. The summed E-state index contributed by atoms with van der Waals surface area (Å²) < 4.78 is 9.85. The van der Waals surface area contributed by atoms with Crippen molar-refractivity contribution in [3.05, 3.63) is 0 Å². The van der Waals surface area contributed by atoms with Crippen LogP contribution < -0.4 is 5.32 Å².